The summed E-state index contributed by atoms with van der Waals surface area (Å²) in [6.45, 7) is 6.89. The molecule has 2 aromatic heterocycles. The van der Waals surface area contributed by atoms with Crippen LogP contribution in [0, 0.1) is 6.92 Å². The second-order valence-corrected chi connectivity index (χ2v) is 11.7. The van der Waals surface area contributed by atoms with Crippen LogP contribution in [0.1, 0.15) is 63.1 Å². The highest BCUT2D eigenvalue weighted by Gasteiger charge is 2.30. The quantitative estimate of drug-likeness (QED) is 0.125. The molecule has 1 amide bonds. The summed E-state index contributed by atoms with van der Waals surface area (Å²) in [5, 5.41) is 5.07. The molecule has 1 unspecified atom stereocenters. The van der Waals surface area contributed by atoms with E-state index in [-0.39, 0.29) is 35.1 Å². The van der Waals surface area contributed by atoms with E-state index < -0.39 is 29.9 Å². The van der Waals surface area contributed by atoms with Gasteiger partial charge in [-0.1, -0.05) is 49.4 Å². The number of amides is 1. The average molecular weight is 631 g/mol. The fraction of sp³-hybridized carbons (Fsp3) is 0.242. The smallest absolute Gasteiger partial charge is 0.348 e. The molecule has 226 valence electrons. The van der Waals surface area contributed by atoms with Crippen molar-refractivity contribution < 1.29 is 33.4 Å². The van der Waals surface area contributed by atoms with E-state index in [1.165, 1.54) is 11.3 Å². The Bertz CT molecular complexity index is 1850. The van der Waals surface area contributed by atoms with Crippen LogP contribution in [0.25, 0.3) is 31.6 Å². The summed E-state index contributed by atoms with van der Waals surface area (Å²) in [5.41, 5.74) is 2.35. The first-order valence-electron chi connectivity index (χ1n) is 14.1. The Morgan fingerprint density at radius 1 is 0.841 bits per heavy atom. The number of hydrogen-bond donors (Lipinski definition) is 1. The Balaban J connectivity index is 1.45. The van der Waals surface area contributed by atoms with Crippen LogP contribution in [0.2, 0.25) is 0 Å². The molecule has 9 nitrogen and oxygen atoms in total. The summed E-state index contributed by atoms with van der Waals surface area (Å²) in [4.78, 5) is 57.4. The molecule has 0 spiro atoms. The largest absolute Gasteiger partial charge is 0.462 e. The van der Waals surface area contributed by atoms with Crippen molar-refractivity contribution in [3.63, 3.8) is 0 Å². The molecule has 0 aliphatic rings. The highest BCUT2D eigenvalue weighted by molar-refractivity contribution is 7.21. The molecule has 1 atom stereocenters. The fourth-order valence-corrected chi connectivity index (χ4v) is 6.91. The molecule has 1 N–H and O–H groups in total. The van der Waals surface area contributed by atoms with Gasteiger partial charge in [-0.15, -0.1) is 22.7 Å². The molecule has 3 aromatic carbocycles. The molecule has 0 fully saturated rings. The molecule has 2 heterocycles. The summed E-state index contributed by atoms with van der Waals surface area (Å²) >= 11 is 2.44. The third-order valence-electron chi connectivity index (χ3n) is 6.89. The second kappa shape index (κ2) is 13.4. The van der Waals surface area contributed by atoms with Crippen molar-refractivity contribution in [3.05, 3.63) is 82.2 Å². The maximum Gasteiger partial charge on any atom is 0.348 e. The zero-order valence-corrected chi connectivity index (χ0v) is 26.2. The van der Waals surface area contributed by atoms with Gasteiger partial charge in [0.1, 0.15) is 14.9 Å². The van der Waals surface area contributed by atoms with Gasteiger partial charge < -0.3 is 19.5 Å². The van der Waals surface area contributed by atoms with Crippen molar-refractivity contribution in [2.24, 2.45) is 0 Å². The lowest BCUT2D eigenvalue weighted by molar-refractivity contribution is -0.124. The molecule has 5 rings (SSSR count). The molecule has 0 saturated heterocycles. The Hall–Kier alpha value is -4.61. The van der Waals surface area contributed by atoms with Crippen LogP contribution in [0.3, 0.4) is 0 Å². The van der Waals surface area contributed by atoms with E-state index in [0.29, 0.717) is 16.5 Å². The van der Waals surface area contributed by atoms with Gasteiger partial charge in [-0.05, 0) is 56.3 Å². The zero-order valence-electron chi connectivity index (χ0n) is 24.6. The number of anilines is 1. The van der Waals surface area contributed by atoms with Crippen LogP contribution in [0.5, 0.6) is 0 Å². The Kier molecular flexibility index (Phi) is 9.36. The number of carbonyl (C=O) groups is 4. The number of nitrogens with zero attached hydrogens (tertiary/aromatic N) is 1. The second-order valence-electron chi connectivity index (χ2n) is 9.69. The maximum absolute atomic E-state index is 13.7. The summed E-state index contributed by atoms with van der Waals surface area (Å²) in [7, 11) is 0. The Morgan fingerprint density at radius 2 is 1.55 bits per heavy atom. The predicted molar refractivity (Wildman–Crippen MR) is 172 cm³/mol. The molecular formula is C33H30N2O7S2. The highest BCUT2D eigenvalue weighted by atomic mass is 32.1. The lowest BCUT2D eigenvalue weighted by Crippen LogP contribution is -2.32. The number of esters is 3. The van der Waals surface area contributed by atoms with Crippen LogP contribution < -0.4 is 5.32 Å². The van der Waals surface area contributed by atoms with E-state index in [2.05, 4.69) is 5.32 Å². The molecule has 0 bridgehead atoms. The molecule has 0 aliphatic heterocycles. The molecule has 11 heteroatoms. The van der Waals surface area contributed by atoms with Crippen LogP contribution in [-0.4, -0.2) is 48.1 Å². The van der Waals surface area contributed by atoms with E-state index in [9.17, 15) is 19.2 Å². The van der Waals surface area contributed by atoms with Crippen LogP contribution in [0.4, 0.5) is 5.00 Å². The van der Waals surface area contributed by atoms with Gasteiger partial charge in [-0.2, -0.15) is 0 Å². The highest BCUT2D eigenvalue weighted by Crippen LogP contribution is 2.37. The molecule has 0 radical (unpaired) electrons. The minimum absolute atomic E-state index is 0.0592. The Morgan fingerprint density at radius 3 is 2.25 bits per heavy atom. The summed E-state index contributed by atoms with van der Waals surface area (Å²) in [5.74, 6) is -2.62. The first-order valence-corrected chi connectivity index (χ1v) is 15.8. The van der Waals surface area contributed by atoms with Crippen molar-refractivity contribution in [2.75, 3.05) is 18.5 Å². The zero-order chi connectivity index (χ0) is 31.4. The SMILES string of the molecule is CCOC(=O)c1sc(NC(=O)C(CC)OC(=O)c2cccc3cccc(-c4nc5ccccc5s4)c23)c(C(=O)OCC)c1C. The van der Waals surface area contributed by atoms with Crippen molar-refractivity contribution in [3.8, 4) is 10.6 Å². The number of para-hydroxylation sites is 1. The maximum atomic E-state index is 13.7. The standard InChI is InChI=1S/C33H30N2O7S2/c1-5-23(28(36)35-30-25(32(38)40-6-2)18(4)27(44-30)33(39)41-7-3)42-31(37)21-15-11-13-19-12-10-14-20(26(19)21)29-34-22-16-8-9-17-24(22)43-29/h8-17,23H,5-7H2,1-4H3,(H,35,36). The van der Waals surface area contributed by atoms with Gasteiger partial charge in [-0.25, -0.2) is 19.4 Å². The van der Waals surface area contributed by atoms with Crippen LogP contribution in [0.15, 0.2) is 60.7 Å². The number of benzene rings is 3. The summed E-state index contributed by atoms with van der Waals surface area (Å²) in [6.07, 6.45) is -1.02. The number of ether oxygens (including phenoxy) is 3. The Labute approximate surface area is 261 Å². The minimum atomic E-state index is -1.18. The number of hydrogen-bond acceptors (Lipinski definition) is 10. The summed E-state index contributed by atoms with van der Waals surface area (Å²) < 4.78 is 17.1. The number of nitrogens with one attached hydrogen (secondary N) is 1. The van der Waals surface area contributed by atoms with Gasteiger partial charge in [-0.3, -0.25) is 4.79 Å². The van der Waals surface area contributed by atoms with Crippen LogP contribution in [-0.2, 0) is 19.0 Å². The van der Waals surface area contributed by atoms with E-state index in [4.69, 9.17) is 19.2 Å². The predicted octanol–water partition coefficient (Wildman–Crippen LogP) is 7.41. The molecular weight excluding hydrogens is 601 g/mol. The van der Waals surface area contributed by atoms with Crippen molar-refractivity contribution in [1.82, 2.24) is 4.98 Å². The monoisotopic (exact) mass is 630 g/mol. The van der Waals surface area contributed by atoms with Gasteiger partial charge in [0.25, 0.3) is 5.91 Å². The number of thiazole rings is 1. The lowest BCUT2D eigenvalue weighted by atomic mass is 9.99. The van der Waals surface area contributed by atoms with E-state index in [1.54, 1.807) is 39.8 Å². The van der Waals surface area contributed by atoms with Crippen LogP contribution >= 0.6 is 22.7 Å². The lowest BCUT2D eigenvalue weighted by Gasteiger charge is -2.17. The van der Waals surface area contributed by atoms with Gasteiger partial charge in [0.05, 0.1) is 34.6 Å². The van der Waals surface area contributed by atoms with E-state index in [0.717, 1.165) is 37.5 Å². The average Bonchev–Trinajstić information content (AvgIpc) is 3.60. The number of carbonyl (C=O) groups excluding carboxylic acids is 4. The normalized spacial score (nSPS) is 11.7. The number of aromatic nitrogens is 1. The first-order chi connectivity index (χ1) is 21.3. The number of thiophene rings is 1. The third-order valence-corrected chi connectivity index (χ3v) is 9.14. The molecule has 44 heavy (non-hydrogen) atoms. The van der Waals surface area contributed by atoms with E-state index in [1.807, 2.05) is 48.5 Å². The molecule has 5 aromatic rings. The van der Waals surface area contributed by atoms with Gasteiger partial charge in [0.15, 0.2) is 6.10 Å². The molecule has 0 aliphatic carbocycles. The number of rotatable bonds is 10. The topological polar surface area (TPSA) is 121 Å². The first kappa shape index (κ1) is 30.8. The van der Waals surface area contributed by atoms with Crippen molar-refractivity contribution in [1.29, 1.82) is 0 Å². The summed E-state index contributed by atoms with van der Waals surface area (Å²) in [6, 6.07) is 18.9. The minimum Gasteiger partial charge on any atom is -0.462 e. The van der Waals surface area contributed by atoms with E-state index >= 15 is 0 Å². The number of fused-ring (bicyclic) bond motifs is 2. The van der Waals surface area contributed by atoms with Gasteiger partial charge >= 0.3 is 17.9 Å². The van der Waals surface area contributed by atoms with Gasteiger partial charge in [0.2, 0.25) is 0 Å². The van der Waals surface area contributed by atoms with Crippen molar-refractivity contribution >= 4 is 72.5 Å². The van der Waals surface area contributed by atoms with Gasteiger partial charge in [0, 0.05) is 10.9 Å². The molecule has 0 saturated carbocycles. The fourth-order valence-electron chi connectivity index (χ4n) is 4.83. The van der Waals surface area contributed by atoms with Crippen molar-refractivity contribution in [2.45, 2.75) is 40.2 Å². The third kappa shape index (κ3) is 6.06.